The van der Waals surface area contributed by atoms with Crippen LogP contribution in [0.1, 0.15) is 116 Å². The van der Waals surface area contributed by atoms with Gasteiger partial charge in [0.1, 0.15) is 0 Å². The van der Waals surface area contributed by atoms with Gasteiger partial charge in [-0.1, -0.05) is 103 Å². The lowest BCUT2D eigenvalue weighted by Crippen LogP contribution is -1.99. The fourth-order valence-corrected chi connectivity index (χ4v) is 3.03. The third-order valence-electron chi connectivity index (χ3n) is 4.61. The molecule has 0 saturated heterocycles. The smallest absolute Gasteiger partial charge is 0.0478 e. The van der Waals surface area contributed by atoms with Crippen molar-refractivity contribution in [2.24, 2.45) is 0 Å². The minimum absolute atomic E-state index is 0.499. The number of ether oxygens (including phenoxy) is 1. The van der Waals surface area contributed by atoms with Crippen LogP contribution < -0.4 is 5.73 Å². The number of unbranched alkanes of at least 4 members (excludes halogenated alkanes) is 15. The van der Waals surface area contributed by atoms with Crippen LogP contribution in [0.5, 0.6) is 0 Å². The van der Waals surface area contributed by atoms with Crippen molar-refractivity contribution in [3.05, 3.63) is 0 Å². The number of rotatable bonds is 20. The molecule has 0 spiro atoms. The third-order valence-corrected chi connectivity index (χ3v) is 4.61. The third kappa shape index (κ3) is 21.9. The summed E-state index contributed by atoms with van der Waals surface area (Å²) in [5.41, 5.74) is 7.03. The second-order valence-corrected chi connectivity index (χ2v) is 7.02. The van der Waals surface area contributed by atoms with E-state index in [1.807, 2.05) is 0 Å². The van der Waals surface area contributed by atoms with Gasteiger partial charge in [0, 0.05) is 19.8 Å². The maximum absolute atomic E-state index is 7.03. The molecule has 0 unspecified atom stereocenters. The second kappa shape index (κ2) is 21.9. The Hall–Kier alpha value is -0.0800. The molecule has 2 heteroatoms. The highest BCUT2D eigenvalue weighted by atomic mass is 16.5. The van der Waals surface area contributed by atoms with Gasteiger partial charge in [-0.15, -0.1) is 0 Å². The fourth-order valence-electron chi connectivity index (χ4n) is 3.03. The zero-order chi connectivity index (χ0) is 16.8. The Bertz CT molecular complexity index is 176. The van der Waals surface area contributed by atoms with E-state index < -0.39 is 0 Å². The Morgan fingerprint density at radius 3 is 1.22 bits per heavy atom. The molecule has 139 valence electrons. The second-order valence-electron chi connectivity index (χ2n) is 7.02. The van der Waals surface area contributed by atoms with Crippen molar-refractivity contribution >= 4 is 0 Å². The topological polar surface area (TPSA) is 33.0 Å². The van der Waals surface area contributed by atoms with Gasteiger partial charge in [0.05, 0.1) is 0 Å². The average molecular weight is 327 g/mol. The van der Waals surface area contributed by atoms with Crippen LogP contribution in [0.3, 0.4) is 0 Å². The Balaban J connectivity index is 2.92. The molecule has 0 aliphatic carbocycles. The SMILES string of the molecule is CCCCCCCCCCCCCCCCCCOCCC[NH]. The van der Waals surface area contributed by atoms with Crippen molar-refractivity contribution in [3.63, 3.8) is 0 Å². The van der Waals surface area contributed by atoms with E-state index in [9.17, 15) is 0 Å². The maximum atomic E-state index is 7.03. The monoisotopic (exact) mass is 326 g/mol. The van der Waals surface area contributed by atoms with E-state index in [0.717, 1.165) is 19.6 Å². The van der Waals surface area contributed by atoms with Crippen LogP contribution in [0.15, 0.2) is 0 Å². The summed E-state index contributed by atoms with van der Waals surface area (Å²) in [6, 6.07) is 0. The predicted molar refractivity (Wildman–Crippen MR) is 103 cm³/mol. The number of hydrogen-bond donors (Lipinski definition) is 0. The molecule has 0 rings (SSSR count). The quantitative estimate of drug-likeness (QED) is 0.223. The standard InChI is InChI=1S/C21H44NO/c1-2-3-4-5-6-7-8-9-10-11-12-13-14-15-16-17-20-23-21-18-19-22/h22H,2-21H2,1H3. The molecule has 0 aliphatic heterocycles. The van der Waals surface area contributed by atoms with Gasteiger partial charge in [0.2, 0.25) is 0 Å². The van der Waals surface area contributed by atoms with Crippen molar-refractivity contribution in [2.45, 2.75) is 116 Å². The fraction of sp³-hybridized carbons (Fsp3) is 1.00. The van der Waals surface area contributed by atoms with Gasteiger partial charge < -0.3 is 4.74 Å². The summed E-state index contributed by atoms with van der Waals surface area (Å²) in [5, 5.41) is 0. The molecule has 0 heterocycles. The van der Waals surface area contributed by atoms with E-state index in [4.69, 9.17) is 10.5 Å². The summed E-state index contributed by atoms with van der Waals surface area (Å²) in [5.74, 6) is 0. The highest BCUT2D eigenvalue weighted by molar-refractivity contribution is 4.50. The van der Waals surface area contributed by atoms with E-state index in [1.54, 1.807) is 0 Å². The Labute approximate surface area is 146 Å². The van der Waals surface area contributed by atoms with Gasteiger partial charge in [0.25, 0.3) is 0 Å². The molecule has 0 aromatic heterocycles. The summed E-state index contributed by atoms with van der Waals surface area (Å²) in [4.78, 5) is 0. The van der Waals surface area contributed by atoms with Crippen molar-refractivity contribution < 1.29 is 4.74 Å². The summed E-state index contributed by atoms with van der Waals surface area (Å²) < 4.78 is 5.47. The molecular weight excluding hydrogens is 282 g/mol. The van der Waals surface area contributed by atoms with Gasteiger partial charge in [0.15, 0.2) is 0 Å². The lowest BCUT2D eigenvalue weighted by molar-refractivity contribution is 0.128. The molecule has 0 amide bonds. The van der Waals surface area contributed by atoms with Crippen molar-refractivity contribution in [1.82, 2.24) is 5.73 Å². The molecule has 0 aromatic carbocycles. The summed E-state index contributed by atoms with van der Waals surface area (Å²) in [6.07, 6.45) is 23.5. The maximum Gasteiger partial charge on any atom is 0.0478 e. The lowest BCUT2D eigenvalue weighted by atomic mass is 10.0. The first-order valence-corrected chi connectivity index (χ1v) is 10.6. The summed E-state index contributed by atoms with van der Waals surface area (Å²) >= 11 is 0. The normalized spacial score (nSPS) is 11.2. The molecule has 23 heavy (non-hydrogen) atoms. The Morgan fingerprint density at radius 1 is 0.478 bits per heavy atom. The summed E-state index contributed by atoms with van der Waals surface area (Å²) in [6.45, 7) is 4.47. The van der Waals surface area contributed by atoms with Crippen LogP contribution in [0.4, 0.5) is 0 Å². The van der Waals surface area contributed by atoms with E-state index in [-0.39, 0.29) is 0 Å². The molecule has 0 fully saturated rings. The molecule has 0 atom stereocenters. The number of hydrogen-bond acceptors (Lipinski definition) is 1. The first kappa shape index (κ1) is 22.9. The van der Waals surface area contributed by atoms with Crippen LogP contribution in [0.2, 0.25) is 0 Å². The first-order valence-electron chi connectivity index (χ1n) is 10.6. The van der Waals surface area contributed by atoms with Crippen molar-refractivity contribution in [2.75, 3.05) is 19.8 Å². The first-order chi connectivity index (χ1) is 11.4. The van der Waals surface area contributed by atoms with Crippen molar-refractivity contribution in [3.8, 4) is 0 Å². The van der Waals surface area contributed by atoms with Gasteiger partial charge in [-0.3, -0.25) is 5.73 Å². The average Bonchev–Trinajstić information content (AvgIpc) is 2.57. The largest absolute Gasteiger partial charge is 0.381 e. The van der Waals surface area contributed by atoms with Crippen LogP contribution in [-0.4, -0.2) is 19.8 Å². The molecule has 2 nitrogen and oxygen atoms in total. The molecule has 0 saturated carbocycles. The molecule has 0 aromatic rings. The zero-order valence-corrected chi connectivity index (χ0v) is 16.1. The zero-order valence-electron chi connectivity index (χ0n) is 16.1. The molecule has 1 radical (unpaired) electrons. The molecule has 0 bridgehead atoms. The van der Waals surface area contributed by atoms with Crippen LogP contribution in [0.25, 0.3) is 0 Å². The van der Waals surface area contributed by atoms with E-state index in [2.05, 4.69) is 6.92 Å². The van der Waals surface area contributed by atoms with E-state index in [1.165, 1.54) is 103 Å². The molecule has 1 N–H and O–H groups in total. The molecule has 0 aliphatic rings. The minimum atomic E-state index is 0.499. The van der Waals surface area contributed by atoms with Crippen molar-refractivity contribution in [1.29, 1.82) is 0 Å². The van der Waals surface area contributed by atoms with Crippen LogP contribution in [0, 0.1) is 0 Å². The Morgan fingerprint density at radius 2 is 0.826 bits per heavy atom. The van der Waals surface area contributed by atoms with E-state index >= 15 is 0 Å². The number of nitrogens with one attached hydrogen (secondary N) is 1. The molecular formula is C21H44NO. The highest BCUT2D eigenvalue weighted by Crippen LogP contribution is 2.13. The summed E-state index contributed by atoms with van der Waals surface area (Å²) in [7, 11) is 0. The van der Waals surface area contributed by atoms with Crippen LogP contribution in [-0.2, 0) is 4.74 Å². The highest BCUT2D eigenvalue weighted by Gasteiger charge is 1.95. The van der Waals surface area contributed by atoms with Gasteiger partial charge in [-0.2, -0.15) is 0 Å². The lowest BCUT2D eigenvalue weighted by Gasteiger charge is -2.04. The minimum Gasteiger partial charge on any atom is -0.381 e. The predicted octanol–water partition coefficient (Wildman–Crippen LogP) is 6.94. The Kier molecular flexibility index (Phi) is 21.8. The van der Waals surface area contributed by atoms with Gasteiger partial charge in [-0.05, 0) is 12.8 Å². The van der Waals surface area contributed by atoms with Gasteiger partial charge >= 0.3 is 0 Å². The van der Waals surface area contributed by atoms with E-state index in [0.29, 0.717) is 6.54 Å². The van der Waals surface area contributed by atoms with Crippen LogP contribution >= 0.6 is 0 Å². The van der Waals surface area contributed by atoms with Gasteiger partial charge in [-0.25, -0.2) is 0 Å².